The van der Waals surface area contributed by atoms with Crippen LogP contribution in [0.5, 0.6) is 0 Å². The van der Waals surface area contributed by atoms with Crippen molar-refractivity contribution in [2.45, 2.75) is 26.8 Å². The van der Waals surface area contributed by atoms with E-state index in [2.05, 4.69) is 30.5 Å². The van der Waals surface area contributed by atoms with Crippen molar-refractivity contribution in [3.05, 3.63) is 23.2 Å². The Hall–Kier alpha value is -1.89. The fraction of sp³-hybridized carbons (Fsp3) is 0.500. The van der Waals surface area contributed by atoms with Gasteiger partial charge in [0.15, 0.2) is 0 Å². The van der Waals surface area contributed by atoms with E-state index in [-0.39, 0.29) is 11.3 Å². The SMILES string of the molecule is CCN(CC)c1nc(Cl)nc(NC(C)c2cn[nH]c2)n1. The molecule has 20 heavy (non-hydrogen) atoms. The Morgan fingerprint density at radius 2 is 2.05 bits per heavy atom. The molecule has 0 spiro atoms. The summed E-state index contributed by atoms with van der Waals surface area (Å²) in [6.07, 6.45) is 3.58. The van der Waals surface area contributed by atoms with E-state index in [0.717, 1.165) is 18.7 Å². The number of H-pyrrole nitrogens is 1. The van der Waals surface area contributed by atoms with Gasteiger partial charge in [0.1, 0.15) is 0 Å². The Morgan fingerprint density at radius 3 is 2.65 bits per heavy atom. The molecular weight excluding hydrogens is 278 g/mol. The summed E-state index contributed by atoms with van der Waals surface area (Å²) < 4.78 is 0. The third-order valence-electron chi connectivity index (χ3n) is 3.01. The van der Waals surface area contributed by atoms with Crippen LogP contribution in [0.4, 0.5) is 11.9 Å². The number of nitrogens with one attached hydrogen (secondary N) is 2. The number of hydrogen-bond acceptors (Lipinski definition) is 6. The molecule has 0 radical (unpaired) electrons. The molecule has 2 heterocycles. The molecule has 0 saturated heterocycles. The maximum atomic E-state index is 5.97. The normalized spacial score (nSPS) is 12.2. The Kier molecular flexibility index (Phi) is 4.73. The smallest absolute Gasteiger partial charge is 0.231 e. The van der Waals surface area contributed by atoms with Gasteiger partial charge in [-0.25, -0.2) is 0 Å². The van der Waals surface area contributed by atoms with Crippen LogP contribution in [0, 0.1) is 0 Å². The first kappa shape index (κ1) is 14.5. The molecule has 0 amide bonds. The van der Waals surface area contributed by atoms with Crippen molar-refractivity contribution in [3.63, 3.8) is 0 Å². The van der Waals surface area contributed by atoms with E-state index in [1.165, 1.54) is 0 Å². The number of rotatable bonds is 6. The van der Waals surface area contributed by atoms with Gasteiger partial charge in [0.05, 0.1) is 12.2 Å². The largest absolute Gasteiger partial charge is 0.347 e. The summed E-state index contributed by atoms with van der Waals surface area (Å²) in [5.74, 6) is 1.04. The molecule has 0 aliphatic rings. The highest BCUT2D eigenvalue weighted by Gasteiger charge is 2.13. The molecule has 8 heteroatoms. The number of anilines is 2. The Balaban J connectivity index is 2.19. The summed E-state index contributed by atoms with van der Waals surface area (Å²) >= 11 is 5.97. The average molecular weight is 296 g/mol. The van der Waals surface area contributed by atoms with Gasteiger partial charge in [0.2, 0.25) is 17.2 Å². The van der Waals surface area contributed by atoms with Crippen molar-refractivity contribution in [2.24, 2.45) is 0 Å². The quantitative estimate of drug-likeness (QED) is 0.850. The van der Waals surface area contributed by atoms with Gasteiger partial charge in [-0.3, -0.25) is 5.10 Å². The molecule has 108 valence electrons. The topological polar surface area (TPSA) is 82.6 Å². The van der Waals surface area contributed by atoms with Gasteiger partial charge in [-0.1, -0.05) is 0 Å². The van der Waals surface area contributed by atoms with E-state index < -0.39 is 0 Å². The molecule has 2 aromatic rings. The van der Waals surface area contributed by atoms with Crippen molar-refractivity contribution in [1.82, 2.24) is 25.1 Å². The number of aromatic nitrogens is 5. The van der Waals surface area contributed by atoms with Crippen LogP contribution in [0.25, 0.3) is 0 Å². The molecule has 0 aliphatic heterocycles. The van der Waals surface area contributed by atoms with Gasteiger partial charge in [0, 0.05) is 24.8 Å². The van der Waals surface area contributed by atoms with Crippen LogP contribution in [-0.2, 0) is 0 Å². The van der Waals surface area contributed by atoms with Crippen LogP contribution in [-0.4, -0.2) is 38.2 Å². The Labute approximate surface area is 122 Å². The van der Waals surface area contributed by atoms with Gasteiger partial charge in [0.25, 0.3) is 0 Å². The summed E-state index contributed by atoms with van der Waals surface area (Å²) in [7, 11) is 0. The van der Waals surface area contributed by atoms with E-state index in [4.69, 9.17) is 11.6 Å². The second-order valence-corrected chi connectivity index (χ2v) is 4.64. The summed E-state index contributed by atoms with van der Waals surface area (Å²) in [5, 5.41) is 10.1. The molecule has 1 unspecified atom stereocenters. The molecule has 0 aromatic carbocycles. The van der Waals surface area contributed by atoms with Gasteiger partial charge in [-0.2, -0.15) is 20.1 Å². The van der Waals surface area contributed by atoms with Gasteiger partial charge < -0.3 is 10.2 Å². The number of nitrogens with zero attached hydrogens (tertiary/aromatic N) is 5. The monoisotopic (exact) mass is 295 g/mol. The minimum Gasteiger partial charge on any atom is -0.347 e. The highest BCUT2D eigenvalue weighted by molar-refractivity contribution is 6.28. The maximum absolute atomic E-state index is 5.97. The lowest BCUT2D eigenvalue weighted by atomic mass is 10.2. The summed E-state index contributed by atoms with van der Waals surface area (Å²) in [6, 6.07) is 0.0248. The number of halogens is 1. The second kappa shape index (κ2) is 6.51. The van der Waals surface area contributed by atoms with Gasteiger partial charge in [-0.05, 0) is 32.4 Å². The van der Waals surface area contributed by atoms with Crippen molar-refractivity contribution < 1.29 is 0 Å². The van der Waals surface area contributed by atoms with E-state index in [0.29, 0.717) is 11.9 Å². The molecule has 2 aromatic heterocycles. The zero-order valence-electron chi connectivity index (χ0n) is 11.8. The zero-order valence-corrected chi connectivity index (χ0v) is 12.5. The minimum atomic E-state index is 0.0248. The third-order valence-corrected chi connectivity index (χ3v) is 3.18. The molecular formula is C12H18ClN7. The van der Waals surface area contributed by atoms with E-state index in [1.54, 1.807) is 6.20 Å². The molecule has 2 N–H and O–H groups in total. The fourth-order valence-electron chi connectivity index (χ4n) is 1.83. The first-order chi connectivity index (χ1) is 9.63. The lowest BCUT2D eigenvalue weighted by Gasteiger charge is -2.19. The molecule has 0 saturated carbocycles. The summed E-state index contributed by atoms with van der Waals surface area (Å²) in [5.41, 5.74) is 1.02. The lowest BCUT2D eigenvalue weighted by molar-refractivity contribution is 0.800. The first-order valence-electron chi connectivity index (χ1n) is 6.55. The predicted molar refractivity (Wildman–Crippen MR) is 79.0 cm³/mol. The van der Waals surface area contributed by atoms with Crippen molar-refractivity contribution in [2.75, 3.05) is 23.3 Å². The first-order valence-corrected chi connectivity index (χ1v) is 6.93. The second-order valence-electron chi connectivity index (χ2n) is 4.30. The van der Waals surface area contributed by atoms with Crippen LogP contribution in [0.15, 0.2) is 12.4 Å². The van der Waals surface area contributed by atoms with Crippen molar-refractivity contribution >= 4 is 23.5 Å². The lowest BCUT2D eigenvalue weighted by Crippen LogP contribution is -2.25. The standard InChI is InChI=1S/C12H18ClN7/c1-4-20(5-2)12-18-10(13)17-11(19-12)16-8(3)9-6-14-15-7-9/h6-8H,4-5H2,1-3H3,(H,14,15)(H,16,17,18,19). The van der Waals surface area contributed by atoms with E-state index >= 15 is 0 Å². The van der Waals surface area contributed by atoms with E-state index in [1.807, 2.05) is 31.9 Å². The van der Waals surface area contributed by atoms with Crippen LogP contribution in [0.3, 0.4) is 0 Å². The summed E-state index contributed by atoms with van der Waals surface area (Å²) in [6.45, 7) is 7.71. The third kappa shape index (κ3) is 3.36. The van der Waals surface area contributed by atoms with Gasteiger partial charge in [-0.15, -0.1) is 0 Å². The Morgan fingerprint density at radius 1 is 1.30 bits per heavy atom. The highest BCUT2D eigenvalue weighted by atomic mass is 35.5. The van der Waals surface area contributed by atoms with Crippen LogP contribution in [0.2, 0.25) is 5.28 Å². The maximum Gasteiger partial charge on any atom is 0.231 e. The number of hydrogen-bond donors (Lipinski definition) is 2. The van der Waals surface area contributed by atoms with Crippen molar-refractivity contribution in [3.8, 4) is 0 Å². The molecule has 7 nitrogen and oxygen atoms in total. The van der Waals surface area contributed by atoms with Crippen molar-refractivity contribution in [1.29, 1.82) is 0 Å². The summed E-state index contributed by atoms with van der Waals surface area (Å²) in [4.78, 5) is 14.7. The van der Waals surface area contributed by atoms with E-state index in [9.17, 15) is 0 Å². The van der Waals surface area contributed by atoms with Crippen LogP contribution < -0.4 is 10.2 Å². The zero-order chi connectivity index (χ0) is 14.5. The van der Waals surface area contributed by atoms with Crippen LogP contribution >= 0.6 is 11.6 Å². The average Bonchev–Trinajstić information content (AvgIpc) is 2.93. The molecule has 1 atom stereocenters. The number of aromatic amines is 1. The van der Waals surface area contributed by atoms with Crippen LogP contribution in [0.1, 0.15) is 32.4 Å². The molecule has 0 aliphatic carbocycles. The minimum absolute atomic E-state index is 0.0248. The molecule has 0 fully saturated rings. The molecule has 2 rings (SSSR count). The predicted octanol–water partition coefficient (Wildman–Crippen LogP) is 2.27. The molecule has 0 bridgehead atoms. The highest BCUT2D eigenvalue weighted by Crippen LogP contribution is 2.18. The fourth-order valence-corrected chi connectivity index (χ4v) is 1.98. The Bertz CT molecular complexity index is 539. The van der Waals surface area contributed by atoms with Gasteiger partial charge >= 0.3 is 0 Å².